The van der Waals surface area contributed by atoms with E-state index in [9.17, 15) is 24.0 Å². The molecule has 166 valence electrons. The second-order valence-corrected chi connectivity index (χ2v) is 6.36. The number of hydrogen-bond donors (Lipinski definition) is 8. The van der Waals surface area contributed by atoms with Crippen LogP contribution in [0.1, 0.15) is 19.0 Å². The van der Waals surface area contributed by atoms with Crippen molar-refractivity contribution in [1.82, 2.24) is 25.9 Å². The van der Waals surface area contributed by atoms with E-state index in [2.05, 4.69) is 20.6 Å². The quantitative estimate of drug-likeness (QED) is 0.162. The van der Waals surface area contributed by atoms with Crippen LogP contribution in [0.5, 0.6) is 0 Å². The number of nitrogens with one attached hydrogen (secondary N) is 4. The number of carbonyl (C=O) groups is 5. The van der Waals surface area contributed by atoms with E-state index in [4.69, 9.17) is 21.1 Å². The second kappa shape index (κ2) is 11.5. The fraction of sp³-hybridized carbons (Fsp3) is 0.500. The van der Waals surface area contributed by atoms with Gasteiger partial charge in [-0.15, -0.1) is 0 Å². The number of aromatic amines is 1. The summed E-state index contributed by atoms with van der Waals surface area (Å²) in [5, 5.41) is 33.1. The lowest BCUT2D eigenvalue weighted by atomic mass is 10.1. The molecule has 0 radical (unpaired) electrons. The number of imidazole rings is 1. The standard InChI is InChI=1S/C16H24N6O8/c1-7(20-14(27)9(17)2-8-4-18-6-19-8)13(26)21-10(3-12(24)25)15(28)22-11(5-23)16(29)30/h4,6-7,9-11,23H,2-3,5,17H2,1H3,(H,18,19)(H,20,27)(H,21,26)(H,22,28)(H,24,25)(H,29,30). The summed E-state index contributed by atoms with van der Waals surface area (Å²) in [7, 11) is 0. The fourth-order valence-corrected chi connectivity index (χ4v) is 2.25. The first-order valence-electron chi connectivity index (χ1n) is 8.74. The molecule has 4 unspecified atom stereocenters. The van der Waals surface area contributed by atoms with E-state index in [1.165, 1.54) is 19.4 Å². The third kappa shape index (κ3) is 7.84. The van der Waals surface area contributed by atoms with E-state index in [0.717, 1.165) is 0 Å². The highest BCUT2D eigenvalue weighted by Gasteiger charge is 2.30. The predicted molar refractivity (Wildman–Crippen MR) is 98.7 cm³/mol. The van der Waals surface area contributed by atoms with Crippen LogP contribution in [0.15, 0.2) is 12.5 Å². The van der Waals surface area contributed by atoms with Gasteiger partial charge >= 0.3 is 11.9 Å². The number of nitrogens with two attached hydrogens (primary N) is 1. The molecule has 0 saturated carbocycles. The highest BCUT2D eigenvalue weighted by atomic mass is 16.4. The molecule has 30 heavy (non-hydrogen) atoms. The molecule has 1 aromatic rings. The smallest absolute Gasteiger partial charge is 0.328 e. The zero-order chi connectivity index (χ0) is 22.8. The molecule has 0 fully saturated rings. The Labute approximate surface area is 170 Å². The first-order chi connectivity index (χ1) is 14.0. The van der Waals surface area contributed by atoms with E-state index in [1.807, 2.05) is 5.32 Å². The lowest BCUT2D eigenvalue weighted by molar-refractivity contribution is -0.144. The van der Waals surface area contributed by atoms with Gasteiger partial charge in [-0.2, -0.15) is 0 Å². The van der Waals surface area contributed by atoms with E-state index < -0.39 is 66.9 Å². The first-order valence-corrected chi connectivity index (χ1v) is 8.74. The van der Waals surface area contributed by atoms with Gasteiger partial charge in [0.15, 0.2) is 0 Å². The van der Waals surface area contributed by atoms with E-state index in [1.54, 1.807) is 0 Å². The van der Waals surface area contributed by atoms with Crippen LogP contribution >= 0.6 is 0 Å². The zero-order valence-corrected chi connectivity index (χ0v) is 16.0. The van der Waals surface area contributed by atoms with Gasteiger partial charge < -0.3 is 42.0 Å². The lowest BCUT2D eigenvalue weighted by Gasteiger charge is -2.22. The molecule has 1 aromatic heterocycles. The number of carboxylic acid groups (broad SMARTS) is 2. The SMILES string of the molecule is CC(NC(=O)C(N)Cc1cnc[nH]1)C(=O)NC(CC(=O)O)C(=O)NC(CO)C(=O)O. The summed E-state index contributed by atoms with van der Waals surface area (Å²) in [6.45, 7) is 0.356. The molecule has 0 bridgehead atoms. The van der Waals surface area contributed by atoms with Gasteiger partial charge in [0, 0.05) is 18.3 Å². The number of aliphatic hydroxyl groups excluding tert-OH is 1. The summed E-state index contributed by atoms with van der Waals surface area (Å²) < 4.78 is 0. The van der Waals surface area contributed by atoms with Crippen LogP contribution in [0, 0.1) is 0 Å². The van der Waals surface area contributed by atoms with Crippen LogP contribution in [-0.4, -0.2) is 85.7 Å². The minimum absolute atomic E-state index is 0.127. The summed E-state index contributed by atoms with van der Waals surface area (Å²) in [5.41, 5.74) is 6.36. The number of aliphatic carboxylic acids is 2. The van der Waals surface area contributed by atoms with Gasteiger partial charge in [0.25, 0.3) is 0 Å². The van der Waals surface area contributed by atoms with Gasteiger partial charge in [0.1, 0.15) is 18.1 Å². The lowest BCUT2D eigenvalue weighted by Crippen LogP contribution is -2.57. The molecular formula is C16H24N6O8. The van der Waals surface area contributed by atoms with Gasteiger partial charge in [-0.05, 0) is 6.92 Å². The molecule has 0 spiro atoms. The van der Waals surface area contributed by atoms with Crippen molar-refractivity contribution in [3.63, 3.8) is 0 Å². The third-order valence-corrected chi connectivity index (χ3v) is 3.89. The van der Waals surface area contributed by atoms with Crippen LogP contribution in [-0.2, 0) is 30.4 Å². The van der Waals surface area contributed by atoms with Crippen molar-refractivity contribution in [3.05, 3.63) is 18.2 Å². The van der Waals surface area contributed by atoms with Gasteiger partial charge in [-0.3, -0.25) is 19.2 Å². The maximum atomic E-state index is 12.3. The third-order valence-electron chi connectivity index (χ3n) is 3.89. The Kier molecular flexibility index (Phi) is 9.38. The number of rotatable bonds is 12. The molecule has 3 amide bonds. The minimum atomic E-state index is -1.68. The number of nitrogens with zero attached hydrogens (tertiary/aromatic N) is 1. The molecule has 14 heteroatoms. The molecule has 0 saturated heterocycles. The number of aliphatic hydroxyl groups is 1. The van der Waals surface area contributed by atoms with Crippen molar-refractivity contribution < 1.29 is 39.3 Å². The molecule has 0 aromatic carbocycles. The van der Waals surface area contributed by atoms with E-state index in [-0.39, 0.29) is 6.42 Å². The molecule has 1 heterocycles. The molecular weight excluding hydrogens is 404 g/mol. The second-order valence-electron chi connectivity index (χ2n) is 6.36. The molecule has 1 rings (SSSR count). The topological polar surface area (TPSA) is 237 Å². The average Bonchev–Trinajstić information content (AvgIpc) is 3.17. The number of aromatic nitrogens is 2. The molecule has 9 N–H and O–H groups in total. The number of amides is 3. The fourth-order valence-electron chi connectivity index (χ4n) is 2.25. The van der Waals surface area contributed by atoms with Crippen LogP contribution in [0.3, 0.4) is 0 Å². The first kappa shape index (κ1) is 24.5. The van der Waals surface area contributed by atoms with Crippen LogP contribution in [0.4, 0.5) is 0 Å². The molecule has 0 aliphatic carbocycles. The van der Waals surface area contributed by atoms with Crippen LogP contribution in [0.2, 0.25) is 0 Å². The van der Waals surface area contributed by atoms with Crippen molar-refractivity contribution in [3.8, 4) is 0 Å². The summed E-state index contributed by atoms with van der Waals surface area (Å²) in [6.07, 6.45) is 2.17. The molecule has 0 aliphatic heterocycles. The van der Waals surface area contributed by atoms with Crippen molar-refractivity contribution >= 4 is 29.7 Å². The Bertz CT molecular complexity index is 768. The normalized spacial score (nSPS) is 14.6. The van der Waals surface area contributed by atoms with Crippen molar-refractivity contribution in [2.45, 2.75) is 43.9 Å². The highest BCUT2D eigenvalue weighted by molar-refractivity contribution is 5.95. The monoisotopic (exact) mass is 428 g/mol. The zero-order valence-electron chi connectivity index (χ0n) is 16.0. The predicted octanol–water partition coefficient (Wildman–Crippen LogP) is -3.69. The van der Waals surface area contributed by atoms with Gasteiger partial charge in [-0.1, -0.05) is 0 Å². The summed E-state index contributed by atoms with van der Waals surface area (Å²) in [6, 6.07) is -5.49. The van der Waals surface area contributed by atoms with Gasteiger partial charge in [0.05, 0.1) is 25.4 Å². The molecule has 0 aliphatic rings. The van der Waals surface area contributed by atoms with Crippen molar-refractivity contribution in [1.29, 1.82) is 0 Å². The Morgan fingerprint density at radius 2 is 1.70 bits per heavy atom. The number of carboxylic acids is 2. The number of H-pyrrole nitrogens is 1. The highest BCUT2D eigenvalue weighted by Crippen LogP contribution is 1.99. The Hall–Kier alpha value is -3.52. The summed E-state index contributed by atoms with van der Waals surface area (Å²) in [4.78, 5) is 65.0. The summed E-state index contributed by atoms with van der Waals surface area (Å²) in [5.74, 6) is -5.67. The maximum Gasteiger partial charge on any atom is 0.328 e. The molecule has 4 atom stereocenters. The molecule has 14 nitrogen and oxygen atoms in total. The van der Waals surface area contributed by atoms with E-state index in [0.29, 0.717) is 5.69 Å². The van der Waals surface area contributed by atoms with Crippen LogP contribution < -0.4 is 21.7 Å². The Morgan fingerprint density at radius 1 is 1.07 bits per heavy atom. The summed E-state index contributed by atoms with van der Waals surface area (Å²) >= 11 is 0. The number of hydrogen-bond acceptors (Lipinski definition) is 8. The van der Waals surface area contributed by atoms with Crippen LogP contribution in [0.25, 0.3) is 0 Å². The van der Waals surface area contributed by atoms with E-state index >= 15 is 0 Å². The average molecular weight is 428 g/mol. The number of carbonyl (C=O) groups excluding carboxylic acids is 3. The maximum absolute atomic E-state index is 12.3. The van der Waals surface area contributed by atoms with Crippen molar-refractivity contribution in [2.75, 3.05) is 6.61 Å². The van der Waals surface area contributed by atoms with Gasteiger partial charge in [0.2, 0.25) is 17.7 Å². The van der Waals surface area contributed by atoms with Gasteiger partial charge in [-0.25, -0.2) is 9.78 Å². The minimum Gasteiger partial charge on any atom is -0.481 e. The van der Waals surface area contributed by atoms with Crippen molar-refractivity contribution in [2.24, 2.45) is 5.73 Å². The largest absolute Gasteiger partial charge is 0.481 e. The Balaban J connectivity index is 2.70. The Morgan fingerprint density at radius 3 is 2.20 bits per heavy atom.